The van der Waals surface area contributed by atoms with E-state index in [-0.39, 0.29) is 65.0 Å². The second kappa shape index (κ2) is 8.09. The Hall–Kier alpha value is 0.940. The van der Waals surface area contributed by atoms with Crippen molar-refractivity contribution in [2.24, 2.45) is 17.8 Å². The second-order valence-corrected chi connectivity index (χ2v) is 3.77. The molecule has 0 aromatic rings. The molecule has 3 unspecified atom stereocenters. The maximum absolute atomic E-state index is 10.6. The number of carboxylic acid groups (broad SMARTS) is 2. The molecule has 1 fully saturated rings. The van der Waals surface area contributed by atoms with Crippen LogP contribution in [0, 0.1) is 17.8 Å². The van der Waals surface area contributed by atoms with Crippen LogP contribution in [-0.4, -0.2) is 11.9 Å². The molecular formula is C9H12Na2O4. The van der Waals surface area contributed by atoms with Gasteiger partial charge in [0.05, 0.1) is 0 Å². The SMILES string of the molecule is CC1CCC(C(=O)[O-])C(C(=O)[O-])C1.[Na+].[Na+]. The zero-order chi connectivity index (χ0) is 10.0. The van der Waals surface area contributed by atoms with Crippen LogP contribution in [0.1, 0.15) is 26.2 Å². The van der Waals surface area contributed by atoms with Crippen LogP contribution in [-0.2, 0) is 9.59 Å². The third kappa shape index (κ3) is 5.20. The molecule has 1 saturated carbocycles. The summed E-state index contributed by atoms with van der Waals surface area (Å²) in [5.74, 6) is -3.99. The molecule has 0 aliphatic heterocycles. The van der Waals surface area contributed by atoms with Gasteiger partial charge in [-0.3, -0.25) is 0 Å². The molecule has 74 valence electrons. The van der Waals surface area contributed by atoms with Crippen molar-refractivity contribution >= 4 is 11.9 Å². The summed E-state index contributed by atoms with van der Waals surface area (Å²) in [6.45, 7) is 1.92. The first-order valence-electron chi connectivity index (χ1n) is 4.44. The molecule has 1 aliphatic rings. The normalized spacial score (nSPS) is 29.5. The van der Waals surface area contributed by atoms with E-state index in [2.05, 4.69) is 0 Å². The molecule has 4 nitrogen and oxygen atoms in total. The first-order valence-corrected chi connectivity index (χ1v) is 4.44. The minimum Gasteiger partial charge on any atom is -0.550 e. The minimum absolute atomic E-state index is 0. The molecule has 0 radical (unpaired) electrons. The smallest absolute Gasteiger partial charge is 0.550 e. The van der Waals surface area contributed by atoms with E-state index in [1.165, 1.54) is 0 Å². The van der Waals surface area contributed by atoms with Gasteiger partial charge in [-0.2, -0.15) is 0 Å². The monoisotopic (exact) mass is 230 g/mol. The van der Waals surface area contributed by atoms with Gasteiger partial charge in [0.25, 0.3) is 0 Å². The van der Waals surface area contributed by atoms with E-state index in [1.54, 1.807) is 0 Å². The van der Waals surface area contributed by atoms with E-state index in [4.69, 9.17) is 0 Å². The van der Waals surface area contributed by atoms with E-state index in [0.717, 1.165) is 6.42 Å². The number of carbonyl (C=O) groups is 2. The van der Waals surface area contributed by atoms with Crippen LogP contribution in [0.2, 0.25) is 0 Å². The van der Waals surface area contributed by atoms with Crippen molar-refractivity contribution in [3.63, 3.8) is 0 Å². The van der Waals surface area contributed by atoms with Crippen molar-refractivity contribution in [2.45, 2.75) is 26.2 Å². The summed E-state index contributed by atoms with van der Waals surface area (Å²) in [5, 5.41) is 21.2. The average Bonchev–Trinajstić information content (AvgIpc) is 2.03. The Labute approximate surface area is 133 Å². The van der Waals surface area contributed by atoms with Gasteiger partial charge in [-0.1, -0.05) is 13.3 Å². The summed E-state index contributed by atoms with van der Waals surface area (Å²) in [5.41, 5.74) is 0. The predicted molar refractivity (Wildman–Crippen MR) is 40.0 cm³/mol. The van der Waals surface area contributed by atoms with Crippen molar-refractivity contribution in [1.29, 1.82) is 0 Å². The number of carbonyl (C=O) groups excluding carboxylic acids is 2. The molecule has 3 atom stereocenters. The van der Waals surface area contributed by atoms with Crippen molar-refractivity contribution in [3.8, 4) is 0 Å². The first-order chi connectivity index (χ1) is 6.02. The van der Waals surface area contributed by atoms with Gasteiger partial charge in [0.2, 0.25) is 0 Å². The Balaban J connectivity index is 0. The Morgan fingerprint density at radius 3 is 1.87 bits per heavy atom. The van der Waals surface area contributed by atoms with Gasteiger partial charge in [-0.05, 0) is 18.8 Å². The van der Waals surface area contributed by atoms with E-state index in [1.807, 2.05) is 6.92 Å². The molecule has 0 heterocycles. The molecule has 0 aromatic heterocycles. The maximum atomic E-state index is 10.6. The maximum Gasteiger partial charge on any atom is 1.00 e. The molecule has 0 aromatic carbocycles. The van der Waals surface area contributed by atoms with Crippen LogP contribution < -0.4 is 69.3 Å². The van der Waals surface area contributed by atoms with Gasteiger partial charge in [0.1, 0.15) is 0 Å². The summed E-state index contributed by atoms with van der Waals surface area (Å²) in [7, 11) is 0. The van der Waals surface area contributed by atoms with Crippen molar-refractivity contribution in [2.75, 3.05) is 0 Å². The van der Waals surface area contributed by atoms with Crippen LogP contribution in [0.5, 0.6) is 0 Å². The Morgan fingerprint density at radius 2 is 1.47 bits per heavy atom. The van der Waals surface area contributed by atoms with Crippen molar-refractivity contribution < 1.29 is 78.9 Å². The Kier molecular flexibility index (Phi) is 9.88. The summed E-state index contributed by atoms with van der Waals surface area (Å²) in [4.78, 5) is 21.2. The van der Waals surface area contributed by atoms with Crippen molar-refractivity contribution in [1.82, 2.24) is 0 Å². The average molecular weight is 230 g/mol. The molecule has 0 saturated heterocycles. The van der Waals surface area contributed by atoms with E-state index in [0.29, 0.717) is 12.8 Å². The van der Waals surface area contributed by atoms with Crippen LogP contribution >= 0.6 is 0 Å². The summed E-state index contributed by atoms with van der Waals surface area (Å²) in [6, 6.07) is 0. The summed E-state index contributed by atoms with van der Waals surface area (Å²) < 4.78 is 0. The summed E-state index contributed by atoms with van der Waals surface area (Å²) in [6.07, 6.45) is 1.53. The fraction of sp³-hybridized carbons (Fsp3) is 0.778. The van der Waals surface area contributed by atoms with Crippen LogP contribution in [0.15, 0.2) is 0 Å². The van der Waals surface area contributed by atoms with Crippen LogP contribution in [0.3, 0.4) is 0 Å². The molecule has 1 aliphatic carbocycles. The zero-order valence-electron chi connectivity index (χ0n) is 9.49. The zero-order valence-corrected chi connectivity index (χ0v) is 13.5. The number of aliphatic carboxylic acids is 2. The van der Waals surface area contributed by atoms with E-state index in [9.17, 15) is 19.8 Å². The molecule has 0 bridgehead atoms. The van der Waals surface area contributed by atoms with E-state index < -0.39 is 23.8 Å². The van der Waals surface area contributed by atoms with Gasteiger partial charge in [0, 0.05) is 23.8 Å². The fourth-order valence-electron chi connectivity index (χ4n) is 1.92. The largest absolute Gasteiger partial charge is 1.00 e. The molecule has 6 heteroatoms. The molecule has 0 N–H and O–H groups in total. The number of hydrogen-bond acceptors (Lipinski definition) is 4. The van der Waals surface area contributed by atoms with Gasteiger partial charge < -0.3 is 19.8 Å². The Morgan fingerprint density at radius 1 is 1.00 bits per heavy atom. The second-order valence-electron chi connectivity index (χ2n) is 3.77. The Bertz CT molecular complexity index is 232. The molecular weight excluding hydrogens is 218 g/mol. The minimum atomic E-state index is -1.26. The molecule has 0 spiro atoms. The third-order valence-electron chi connectivity index (χ3n) is 2.72. The number of rotatable bonds is 2. The topological polar surface area (TPSA) is 80.3 Å². The summed E-state index contributed by atoms with van der Waals surface area (Å²) >= 11 is 0. The van der Waals surface area contributed by atoms with Gasteiger partial charge >= 0.3 is 59.1 Å². The first kappa shape index (κ1) is 18.3. The van der Waals surface area contributed by atoms with Crippen LogP contribution in [0.4, 0.5) is 0 Å². The molecule has 15 heavy (non-hydrogen) atoms. The fourth-order valence-corrected chi connectivity index (χ4v) is 1.92. The third-order valence-corrected chi connectivity index (χ3v) is 2.72. The van der Waals surface area contributed by atoms with Crippen molar-refractivity contribution in [3.05, 3.63) is 0 Å². The predicted octanol–water partition coefficient (Wildman–Crippen LogP) is -7.45. The molecule has 1 rings (SSSR count). The van der Waals surface area contributed by atoms with Gasteiger partial charge in [-0.15, -0.1) is 0 Å². The molecule has 0 amide bonds. The van der Waals surface area contributed by atoms with Gasteiger partial charge in [-0.25, -0.2) is 0 Å². The van der Waals surface area contributed by atoms with Crippen LogP contribution in [0.25, 0.3) is 0 Å². The number of hydrogen-bond donors (Lipinski definition) is 0. The van der Waals surface area contributed by atoms with E-state index >= 15 is 0 Å². The standard InChI is InChI=1S/C9H14O4.2Na/c1-5-2-3-6(8(10)11)7(4-5)9(12)13;;/h5-7H,2-4H2,1H3,(H,10,11)(H,12,13);;/q;2*+1/p-2. The number of carboxylic acids is 2. The van der Waals surface area contributed by atoms with Gasteiger partial charge in [0.15, 0.2) is 0 Å². The quantitative estimate of drug-likeness (QED) is 0.441.